The first-order chi connectivity index (χ1) is 5.52. The van der Waals surface area contributed by atoms with Gasteiger partial charge in [0.15, 0.2) is 0 Å². The van der Waals surface area contributed by atoms with Crippen molar-refractivity contribution in [2.24, 2.45) is 0 Å². The Kier molecular flexibility index (Phi) is 1.78. The molecule has 1 heterocycles. The van der Waals surface area contributed by atoms with Crippen LogP contribution >= 0.6 is 0 Å². The molecular weight excluding hydrogens is 162 g/mol. The summed E-state index contributed by atoms with van der Waals surface area (Å²) in [5, 5.41) is 10.3. The Bertz CT molecular complexity index is 314. The molecule has 0 atom stereocenters. The topological polar surface area (TPSA) is 121 Å². The summed E-state index contributed by atoms with van der Waals surface area (Å²) in [5.41, 5.74) is 10.1. The molecule has 0 spiro atoms. The van der Waals surface area contributed by atoms with Crippen LogP contribution in [0.3, 0.4) is 0 Å². The fraction of sp³-hybridized carbons (Fsp3) is 0.200. The lowest BCUT2D eigenvalue weighted by Gasteiger charge is -1.99. The van der Waals surface area contributed by atoms with E-state index in [0.717, 1.165) is 0 Å². The molecular formula is C5H7N5O2. The minimum atomic E-state index is -0.704. The molecule has 1 aromatic heterocycles. The van der Waals surface area contributed by atoms with Gasteiger partial charge in [-0.05, 0) is 6.92 Å². The summed E-state index contributed by atoms with van der Waals surface area (Å²) >= 11 is 0. The first-order valence-electron chi connectivity index (χ1n) is 3.06. The number of aryl methyl sites for hydroxylation is 1. The summed E-state index contributed by atoms with van der Waals surface area (Å²) in [5.74, 6) is -0.0920. The van der Waals surface area contributed by atoms with Crippen LogP contribution in [0.4, 0.5) is 17.3 Å². The Hall–Kier alpha value is -1.92. The minimum absolute atomic E-state index is 0.204. The SMILES string of the molecule is Cc1nc(N)c([N+](=O)[O-])c(N)n1. The van der Waals surface area contributed by atoms with Crippen LogP contribution in [0.15, 0.2) is 0 Å². The van der Waals surface area contributed by atoms with Gasteiger partial charge in [-0.15, -0.1) is 0 Å². The van der Waals surface area contributed by atoms with Crippen molar-refractivity contribution in [2.45, 2.75) is 6.92 Å². The van der Waals surface area contributed by atoms with Crippen molar-refractivity contribution in [3.8, 4) is 0 Å². The largest absolute Gasteiger partial charge is 0.378 e. The van der Waals surface area contributed by atoms with Gasteiger partial charge in [-0.1, -0.05) is 0 Å². The Balaban J connectivity index is 3.38. The van der Waals surface area contributed by atoms with Crippen LogP contribution in [0.5, 0.6) is 0 Å². The molecule has 0 bridgehead atoms. The molecule has 4 N–H and O–H groups in total. The zero-order valence-electron chi connectivity index (χ0n) is 6.31. The third-order valence-corrected chi connectivity index (χ3v) is 1.23. The summed E-state index contributed by atoms with van der Waals surface area (Å²) in [4.78, 5) is 16.8. The van der Waals surface area contributed by atoms with E-state index >= 15 is 0 Å². The highest BCUT2D eigenvalue weighted by molar-refractivity contribution is 5.65. The predicted octanol–water partition coefficient (Wildman–Crippen LogP) is -0.142. The summed E-state index contributed by atoms with van der Waals surface area (Å²) in [7, 11) is 0. The molecule has 0 saturated heterocycles. The van der Waals surface area contributed by atoms with Crippen molar-refractivity contribution in [3.63, 3.8) is 0 Å². The molecule has 0 aliphatic carbocycles. The molecule has 0 aliphatic rings. The van der Waals surface area contributed by atoms with Gasteiger partial charge in [0.1, 0.15) is 5.82 Å². The lowest BCUT2D eigenvalue weighted by Crippen LogP contribution is -2.06. The van der Waals surface area contributed by atoms with Crippen molar-refractivity contribution in [3.05, 3.63) is 15.9 Å². The molecule has 64 valence electrons. The average molecular weight is 169 g/mol. The van der Waals surface area contributed by atoms with Gasteiger partial charge in [0.2, 0.25) is 11.6 Å². The zero-order chi connectivity index (χ0) is 9.30. The van der Waals surface area contributed by atoms with Crippen LogP contribution in [0, 0.1) is 17.0 Å². The predicted molar refractivity (Wildman–Crippen MR) is 42.2 cm³/mol. The van der Waals surface area contributed by atoms with E-state index < -0.39 is 10.6 Å². The van der Waals surface area contributed by atoms with Gasteiger partial charge in [-0.2, -0.15) is 0 Å². The van der Waals surface area contributed by atoms with Crippen LogP contribution in [0.2, 0.25) is 0 Å². The zero-order valence-corrected chi connectivity index (χ0v) is 6.31. The van der Waals surface area contributed by atoms with E-state index in [0.29, 0.717) is 5.82 Å². The molecule has 0 unspecified atom stereocenters. The van der Waals surface area contributed by atoms with Gasteiger partial charge >= 0.3 is 5.69 Å². The minimum Gasteiger partial charge on any atom is -0.378 e. The van der Waals surface area contributed by atoms with E-state index in [1.807, 2.05) is 0 Å². The fourth-order valence-electron chi connectivity index (χ4n) is 0.798. The van der Waals surface area contributed by atoms with Crippen molar-refractivity contribution in [1.29, 1.82) is 0 Å². The smallest absolute Gasteiger partial charge is 0.352 e. The van der Waals surface area contributed by atoms with E-state index in [2.05, 4.69) is 9.97 Å². The number of hydrogen-bond acceptors (Lipinski definition) is 6. The summed E-state index contributed by atoms with van der Waals surface area (Å²) in [6.45, 7) is 1.55. The number of nitrogen functional groups attached to an aromatic ring is 2. The molecule has 0 saturated carbocycles. The van der Waals surface area contributed by atoms with Crippen LogP contribution in [-0.2, 0) is 0 Å². The number of rotatable bonds is 1. The van der Waals surface area contributed by atoms with Crippen LogP contribution < -0.4 is 11.5 Å². The molecule has 0 aromatic carbocycles. The highest BCUT2D eigenvalue weighted by Crippen LogP contribution is 2.24. The molecule has 1 aromatic rings. The van der Waals surface area contributed by atoms with E-state index in [4.69, 9.17) is 11.5 Å². The Labute approximate surface area is 67.6 Å². The summed E-state index contributed by atoms with van der Waals surface area (Å²) in [6.07, 6.45) is 0. The monoisotopic (exact) mass is 169 g/mol. The Morgan fingerprint density at radius 2 is 1.75 bits per heavy atom. The van der Waals surface area contributed by atoms with Gasteiger partial charge in [-0.3, -0.25) is 10.1 Å². The van der Waals surface area contributed by atoms with E-state index in [1.165, 1.54) is 0 Å². The van der Waals surface area contributed by atoms with Gasteiger partial charge < -0.3 is 11.5 Å². The van der Waals surface area contributed by atoms with Crippen LogP contribution in [-0.4, -0.2) is 14.9 Å². The second kappa shape index (κ2) is 2.61. The third kappa shape index (κ3) is 1.24. The molecule has 12 heavy (non-hydrogen) atoms. The molecule has 0 radical (unpaired) electrons. The molecule has 1 rings (SSSR count). The first kappa shape index (κ1) is 8.18. The van der Waals surface area contributed by atoms with Crippen molar-refractivity contribution < 1.29 is 4.92 Å². The van der Waals surface area contributed by atoms with Crippen molar-refractivity contribution in [1.82, 2.24) is 9.97 Å². The number of nitrogens with two attached hydrogens (primary N) is 2. The number of hydrogen-bond donors (Lipinski definition) is 2. The van der Waals surface area contributed by atoms with E-state index in [-0.39, 0.29) is 11.6 Å². The number of nitro groups is 1. The van der Waals surface area contributed by atoms with Crippen molar-refractivity contribution in [2.75, 3.05) is 11.5 Å². The summed E-state index contributed by atoms with van der Waals surface area (Å²) < 4.78 is 0. The highest BCUT2D eigenvalue weighted by atomic mass is 16.6. The van der Waals surface area contributed by atoms with Gasteiger partial charge in [0, 0.05) is 0 Å². The normalized spacial score (nSPS) is 9.75. The quantitative estimate of drug-likeness (QED) is 0.445. The molecule has 0 aliphatic heterocycles. The maximum absolute atomic E-state index is 10.3. The number of anilines is 2. The highest BCUT2D eigenvalue weighted by Gasteiger charge is 2.19. The summed E-state index contributed by atoms with van der Waals surface area (Å²) in [6, 6.07) is 0. The maximum Gasteiger partial charge on any atom is 0.352 e. The van der Waals surface area contributed by atoms with E-state index in [1.54, 1.807) is 6.92 Å². The molecule has 7 nitrogen and oxygen atoms in total. The van der Waals surface area contributed by atoms with Crippen molar-refractivity contribution >= 4 is 17.3 Å². The first-order valence-corrected chi connectivity index (χ1v) is 3.06. The second-order valence-electron chi connectivity index (χ2n) is 2.15. The Morgan fingerprint density at radius 1 is 1.33 bits per heavy atom. The molecule has 0 amide bonds. The third-order valence-electron chi connectivity index (χ3n) is 1.23. The number of aromatic nitrogens is 2. The lowest BCUT2D eigenvalue weighted by atomic mass is 10.4. The van der Waals surface area contributed by atoms with E-state index in [9.17, 15) is 10.1 Å². The second-order valence-corrected chi connectivity index (χ2v) is 2.15. The van der Waals surface area contributed by atoms with Gasteiger partial charge in [0.05, 0.1) is 4.92 Å². The van der Waals surface area contributed by atoms with Gasteiger partial charge in [-0.25, -0.2) is 9.97 Å². The molecule has 7 heteroatoms. The van der Waals surface area contributed by atoms with Crippen LogP contribution in [0.1, 0.15) is 5.82 Å². The lowest BCUT2D eigenvalue weighted by molar-refractivity contribution is -0.383. The fourth-order valence-corrected chi connectivity index (χ4v) is 0.798. The maximum atomic E-state index is 10.3. The van der Waals surface area contributed by atoms with Crippen LogP contribution in [0.25, 0.3) is 0 Å². The van der Waals surface area contributed by atoms with Gasteiger partial charge in [0.25, 0.3) is 0 Å². The number of nitrogens with zero attached hydrogens (tertiary/aromatic N) is 3. The average Bonchev–Trinajstić information content (AvgIpc) is 1.82. The standard InChI is InChI=1S/C5H7N5O2/c1-2-8-4(6)3(10(11)12)5(7)9-2/h1H3,(H4,6,7,8,9). The molecule has 0 fully saturated rings. The Morgan fingerprint density at radius 3 is 2.08 bits per heavy atom.